The molecular weight excluding hydrogens is 779 g/mol. The second kappa shape index (κ2) is 17.6. The molecule has 292 valence electrons. The van der Waals surface area contributed by atoms with Crippen molar-refractivity contribution in [3.05, 3.63) is 78.9 Å². The lowest BCUT2D eigenvalue weighted by atomic mass is 10.1. The van der Waals surface area contributed by atoms with Gasteiger partial charge in [0.15, 0.2) is 5.75 Å². The van der Waals surface area contributed by atoms with Gasteiger partial charge in [0, 0.05) is 61.1 Å². The Morgan fingerprint density at radius 1 is 0.564 bits per heavy atom. The Hall–Kier alpha value is -5.01. The average molecular weight is 816 g/mol. The summed E-state index contributed by atoms with van der Waals surface area (Å²) in [4.78, 5) is -1.62. The number of anilines is 1. The Morgan fingerprint density at radius 2 is 1.16 bits per heavy atom. The van der Waals surface area contributed by atoms with Crippen molar-refractivity contribution >= 4 is 80.3 Å². The van der Waals surface area contributed by atoms with Crippen LogP contribution in [-0.4, -0.2) is 90.0 Å². The molecule has 55 heavy (non-hydrogen) atoms. The number of fused-ring (bicyclic) bond motifs is 2. The monoisotopic (exact) mass is 815 g/mol. The summed E-state index contributed by atoms with van der Waals surface area (Å²) in [6, 6.07) is 17.0. The number of nitrogens with one attached hydrogen (secondary N) is 4. The number of hydrogen-bond donors (Lipinski definition) is 9. The second-order valence-electron chi connectivity index (χ2n) is 11.8. The SMILES string of the molecule is NCCNCCNCCNCNc1ccc2cc(S(=O)(=O)O)c(/N=N/c3ccc(/N=N/c4ccc(S(=O)(=O)O)cc4)c4ccc(S(=O)(=O)O)cc34)c(O)c2c1. The molecule has 0 aliphatic heterocycles. The number of phenolic OH excluding ortho intramolecular Hbond substituents is 1. The van der Waals surface area contributed by atoms with Gasteiger partial charge in [0.25, 0.3) is 30.4 Å². The van der Waals surface area contributed by atoms with Gasteiger partial charge in [-0.1, -0.05) is 12.1 Å². The fraction of sp³-hybridized carbons (Fsp3) is 0.212. The molecule has 0 unspecified atom stereocenters. The highest BCUT2D eigenvalue weighted by Crippen LogP contribution is 2.43. The standard InChI is InChI=1S/C33H37N9O10S3/c34-11-12-35-13-14-36-15-16-37-20-38-23-2-1-21-17-31(55(50,51)52)32(33(43)27(21)18-23)42-41-30-10-9-29(26-8-7-25(19-28(26)30)54(47,48)49)40-39-22-3-5-24(6-4-22)53(44,45)46/h1-10,17-19,35-38,43H,11-16,20,34H2,(H,44,45,46)(H,47,48,49)(H,50,51,52)/b40-39+,42-41+. The van der Waals surface area contributed by atoms with Gasteiger partial charge in [-0.2, -0.15) is 30.4 Å². The molecular formula is C33H37N9O10S3. The Morgan fingerprint density at radius 3 is 1.80 bits per heavy atom. The highest BCUT2D eigenvalue weighted by molar-refractivity contribution is 7.86. The molecule has 0 heterocycles. The molecule has 0 saturated heterocycles. The predicted molar refractivity (Wildman–Crippen MR) is 205 cm³/mol. The van der Waals surface area contributed by atoms with Gasteiger partial charge in [-0.25, -0.2) is 0 Å². The van der Waals surface area contributed by atoms with Crippen molar-refractivity contribution in [1.29, 1.82) is 0 Å². The number of aromatic hydroxyl groups is 1. The summed E-state index contributed by atoms with van der Waals surface area (Å²) in [6.45, 7) is 4.64. The van der Waals surface area contributed by atoms with E-state index in [2.05, 4.69) is 41.7 Å². The fourth-order valence-electron chi connectivity index (χ4n) is 5.23. The molecule has 5 rings (SSSR count). The molecule has 0 aliphatic carbocycles. The number of phenols is 1. The van der Waals surface area contributed by atoms with E-state index in [4.69, 9.17) is 5.73 Å². The highest BCUT2D eigenvalue weighted by atomic mass is 32.2. The third-order valence-corrected chi connectivity index (χ3v) is 10.5. The van der Waals surface area contributed by atoms with E-state index in [1.165, 1.54) is 30.3 Å². The molecule has 0 amide bonds. The molecule has 0 spiro atoms. The summed E-state index contributed by atoms with van der Waals surface area (Å²) in [7, 11) is -14.1. The number of rotatable bonds is 18. The second-order valence-corrected chi connectivity index (χ2v) is 16.0. The van der Waals surface area contributed by atoms with E-state index in [9.17, 15) is 44.0 Å². The molecule has 0 bridgehead atoms. The van der Waals surface area contributed by atoms with Crippen LogP contribution in [0.3, 0.4) is 0 Å². The summed E-state index contributed by atoms with van der Waals surface area (Å²) >= 11 is 0. The van der Waals surface area contributed by atoms with Crippen molar-refractivity contribution in [2.75, 3.05) is 51.3 Å². The quantitative estimate of drug-likeness (QED) is 0.0257. The largest absolute Gasteiger partial charge is 0.505 e. The van der Waals surface area contributed by atoms with Crippen LogP contribution >= 0.6 is 0 Å². The number of hydrogen-bond acceptors (Lipinski definition) is 16. The summed E-state index contributed by atoms with van der Waals surface area (Å²) < 4.78 is 101. The Balaban J connectivity index is 1.45. The van der Waals surface area contributed by atoms with Crippen LogP contribution in [-0.2, 0) is 30.4 Å². The van der Waals surface area contributed by atoms with Gasteiger partial charge in [0.05, 0.1) is 33.5 Å². The zero-order valence-corrected chi connectivity index (χ0v) is 31.2. The van der Waals surface area contributed by atoms with Crippen LogP contribution in [0.25, 0.3) is 21.5 Å². The van der Waals surface area contributed by atoms with E-state index >= 15 is 0 Å². The Labute approximate surface area is 316 Å². The minimum Gasteiger partial charge on any atom is -0.505 e. The molecule has 22 heteroatoms. The fourth-order valence-corrected chi connectivity index (χ4v) is 6.88. The number of nitrogens with two attached hydrogens (primary N) is 1. The van der Waals surface area contributed by atoms with Gasteiger partial charge in [-0.05, 0) is 72.1 Å². The van der Waals surface area contributed by atoms with Crippen LogP contribution in [0.5, 0.6) is 5.75 Å². The third-order valence-electron chi connectivity index (χ3n) is 7.93. The third kappa shape index (κ3) is 10.8. The zero-order valence-electron chi connectivity index (χ0n) is 28.8. The van der Waals surface area contributed by atoms with E-state index in [-0.39, 0.29) is 43.5 Å². The summed E-state index contributed by atoms with van der Waals surface area (Å²) in [5.41, 5.74) is 5.73. The summed E-state index contributed by atoms with van der Waals surface area (Å²) in [5, 5.41) is 41.2. The topological polar surface area (TPSA) is 307 Å². The van der Waals surface area contributed by atoms with Crippen molar-refractivity contribution in [1.82, 2.24) is 16.0 Å². The van der Waals surface area contributed by atoms with Gasteiger partial charge >= 0.3 is 0 Å². The Bertz CT molecular complexity index is 2590. The molecule has 10 N–H and O–H groups in total. The first-order chi connectivity index (χ1) is 26.1. The number of nitrogens with zero attached hydrogens (tertiary/aromatic N) is 4. The minimum absolute atomic E-state index is 0.0551. The highest BCUT2D eigenvalue weighted by Gasteiger charge is 2.23. The summed E-state index contributed by atoms with van der Waals surface area (Å²) in [6.07, 6.45) is 0. The molecule has 0 aliphatic rings. The van der Waals surface area contributed by atoms with Crippen LogP contribution in [0, 0.1) is 0 Å². The van der Waals surface area contributed by atoms with Crippen molar-refractivity contribution in [3.8, 4) is 5.75 Å². The molecule has 0 aromatic heterocycles. The van der Waals surface area contributed by atoms with Crippen LogP contribution in [0.1, 0.15) is 0 Å². The lowest BCUT2D eigenvalue weighted by Gasteiger charge is -2.12. The molecule has 19 nitrogen and oxygen atoms in total. The van der Waals surface area contributed by atoms with E-state index in [0.717, 1.165) is 50.0 Å². The van der Waals surface area contributed by atoms with Gasteiger partial charge in [0.2, 0.25) is 0 Å². The first-order valence-corrected chi connectivity index (χ1v) is 20.7. The Kier molecular flexibility index (Phi) is 13.2. The van der Waals surface area contributed by atoms with Gasteiger partial charge < -0.3 is 26.8 Å². The van der Waals surface area contributed by atoms with Crippen molar-refractivity contribution < 1.29 is 44.0 Å². The normalized spacial score (nSPS) is 12.7. The van der Waals surface area contributed by atoms with Crippen LogP contribution in [0.2, 0.25) is 0 Å². The zero-order chi connectivity index (χ0) is 39.8. The molecule has 5 aromatic rings. The molecule has 0 fully saturated rings. The number of azo groups is 2. The first kappa shape index (κ1) is 41.2. The molecule has 0 radical (unpaired) electrons. The lowest BCUT2D eigenvalue weighted by Crippen LogP contribution is -2.35. The van der Waals surface area contributed by atoms with Gasteiger partial charge in [-0.3, -0.25) is 19.0 Å². The van der Waals surface area contributed by atoms with E-state index in [0.29, 0.717) is 32.0 Å². The van der Waals surface area contributed by atoms with Crippen LogP contribution in [0.4, 0.5) is 28.4 Å². The maximum absolute atomic E-state index is 12.5. The van der Waals surface area contributed by atoms with Gasteiger partial charge in [-0.15, -0.1) is 15.3 Å². The van der Waals surface area contributed by atoms with Crippen molar-refractivity contribution in [3.63, 3.8) is 0 Å². The maximum Gasteiger partial charge on any atom is 0.296 e. The van der Waals surface area contributed by atoms with Crippen molar-refractivity contribution in [2.45, 2.75) is 14.7 Å². The van der Waals surface area contributed by atoms with E-state index < -0.39 is 51.6 Å². The van der Waals surface area contributed by atoms with E-state index in [1.807, 2.05) is 0 Å². The number of benzene rings is 5. The van der Waals surface area contributed by atoms with E-state index in [1.54, 1.807) is 18.2 Å². The van der Waals surface area contributed by atoms with Crippen LogP contribution < -0.4 is 27.0 Å². The predicted octanol–water partition coefficient (Wildman–Crippen LogP) is 4.37. The maximum atomic E-state index is 12.5. The smallest absolute Gasteiger partial charge is 0.296 e. The average Bonchev–Trinajstić information content (AvgIpc) is 3.13. The minimum atomic E-state index is -4.96. The molecule has 0 saturated carbocycles. The summed E-state index contributed by atoms with van der Waals surface area (Å²) in [5.74, 6) is -0.619. The lowest BCUT2D eigenvalue weighted by molar-refractivity contribution is 0.472. The van der Waals surface area contributed by atoms with Crippen molar-refractivity contribution in [2.24, 2.45) is 26.2 Å². The molecule has 5 aromatic carbocycles. The van der Waals surface area contributed by atoms with Gasteiger partial charge in [0.1, 0.15) is 10.6 Å². The first-order valence-electron chi connectivity index (χ1n) is 16.3. The van der Waals surface area contributed by atoms with Crippen LogP contribution in [0.15, 0.2) is 114 Å². The molecule has 0 atom stereocenters.